The van der Waals surface area contributed by atoms with Crippen LogP contribution in [0.2, 0.25) is 5.02 Å². The highest BCUT2D eigenvalue weighted by Gasteiger charge is 2.26. The van der Waals surface area contributed by atoms with Crippen molar-refractivity contribution >= 4 is 11.6 Å². The highest BCUT2D eigenvalue weighted by atomic mass is 35.5. The van der Waals surface area contributed by atoms with E-state index in [0.717, 1.165) is 0 Å². The van der Waals surface area contributed by atoms with Crippen molar-refractivity contribution in [3.63, 3.8) is 0 Å². The molecule has 1 aromatic rings. The highest BCUT2D eigenvalue weighted by molar-refractivity contribution is 6.30. The average molecular weight is 284 g/mol. The lowest BCUT2D eigenvalue weighted by molar-refractivity contribution is -0.133. The second-order valence-corrected chi connectivity index (χ2v) is 4.09. The van der Waals surface area contributed by atoms with E-state index in [-0.39, 0.29) is 24.6 Å². The molecule has 7 heteroatoms. The molecule has 0 heterocycles. The predicted octanol–water partition coefficient (Wildman–Crippen LogP) is 3.10. The number of aromatic hydroxyl groups is 1. The van der Waals surface area contributed by atoms with E-state index in [1.807, 2.05) is 0 Å². The second-order valence-electron chi connectivity index (χ2n) is 3.66. The molecule has 1 rings (SSSR count). The topological polar surface area (TPSA) is 41.5 Å². The SMILES string of the molecule is COc1cc(Cl)cc(CNCCC(F)(F)F)c1O. The summed E-state index contributed by atoms with van der Waals surface area (Å²) in [6, 6.07) is 2.90. The minimum absolute atomic E-state index is 0.0822. The summed E-state index contributed by atoms with van der Waals surface area (Å²) in [6.07, 6.45) is -5.12. The van der Waals surface area contributed by atoms with Crippen LogP contribution in [0.15, 0.2) is 12.1 Å². The van der Waals surface area contributed by atoms with Gasteiger partial charge in [0.15, 0.2) is 11.5 Å². The van der Waals surface area contributed by atoms with Crippen LogP contribution in [0.3, 0.4) is 0 Å². The number of benzene rings is 1. The highest BCUT2D eigenvalue weighted by Crippen LogP contribution is 2.33. The Morgan fingerprint density at radius 1 is 1.39 bits per heavy atom. The fourth-order valence-corrected chi connectivity index (χ4v) is 1.60. The van der Waals surface area contributed by atoms with Crippen LogP contribution >= 0.6 is 11.6 Å². The first-order valence-electron chi connectivity index (χ1n) is 5.16. The maximum Gasteiger partial charge on any atom is 0.390 e. The van der Waals surface area contributed by atoms with Gasteiger partial charge in [0, 0.05) is 29.7 Å². The molecule has 0 spiro atoms. The normalized spacial score (nSPS) is 11.6. The maximum atomic E-state index is 11.9. The molecule has 102 valence electrons. The van der Waals surface area contributed by atoms with Crippen molar-refractivity contribution in [1.82, 2.24) is 5.32 Å². The molecule has 0 aliphatic heterocycles. The second kappa shape index (κ2) is 6.15. The number of hydrogen-bond donors (Lipinski definition) is 2. The van der Waals surface area contributed by atoms with Crippen molar-refractivity contribution in [3.8, 4) is 11.5 Å². The fraction of sp³-hybridized carbons (Fsp3) is 0.455. The zero-order chi connectivity index (χ0) is 13.8. The van der Waals surface area contributed by atoms with Gasteiger partial charge in [0.05, 0.1) is 13.5 Å². The van der Waals surface area contributed by atoms with Crippen molar-refractivity contribution in [3.05, 3.63) is 22.7 Å². The van der Waals surface area contributed by atoms with Gasteiger partial charge >= 0.3 is 6.18 Å². The van der Waals surface area contributed by atoms with Crippen LogP contribution in [0.5, 0.6) is 11.5 Å². The smallest absolute Gasteiger partial charge is 0.390 e. The molecule has 0 aromatic heterocycles. The molecule has 0 saturated carbocycles. The molecule has 0 radical (unpaired) electrons. The Labute approximate surface area is 108 Å². The summed E-state index contributed by atoms with van der Waals surface area (Å²) in [7, 11) is 1.37. The quantitative estimate of drug-likeness (QED) is 0.816. The number of methoxy groups -OCH3 is 1. The maximum absolute atomic E-state index is 11.9. The monoisotopic (exact) mass is 283 g/mol. The number of nitrogens with one attached hydrogen (secondary N) is 1. The largest absolute Gasteiger partial charge is 0.504 e. The first-order valence-corrected chi connectivity index (χ1v) is 5.54. The number of phenols is 1. The van der Waals surface area contributed by atoms with Crippen LogP contribution in [0.4, 0.5) is 13.2 Å². The van der Waals surface area contributed by atoms with Crippen molar-refractivity contribution in [1.29, 1.82) is 0 Å². The summed E-state index contributed by atoms with van der Waals surface area (Å²) in [5.41, 5.74) is 0.390. The van der Waals surface area contributed by atoms with Crippen molar-refractivity contribution in [2.45, 2.75) is 19.1 Å². The summed E-state index contributed by atoms with van der Waals surface area (Å²) >= 11 is 5.79. The molecule has 0 atom stereocenters. The summed E-state index contributed by atoms with van der Waals surface area (Å²) < 4.78 is 40.6. The third-order valence-corrected chi connectivity index (χ3v) is 2.46. The van der Waals surface area contributed by atoms with Crippen molar-refractivity contribution in [2.75, 3.05) is 13.7 Å². The van der Waals surface area contributed by atoms with Crippen LogP contribution in [-0.2, 0) is 6.54 Å². The molecular formula is C11H13ClF3NO2. The number of alkyl halides is 3. The third-order valence-electron chi connectivity index (χ3n) is 2.24. The Morgan fingerprint density at radius 3 is 2.61 bits per heavy atom. The molecular weight excluding hydrogens is 271 g/mol. The standard InChI is InChI=1S/C11H13ClF3NO2/c1-18-9-5-8(12)4-7(10(9)17)6-16-3-2-11(13,14)15/h4-5,16-17H,2-3,6H2,1H3. The van der Waals surface area contributed by atoms with E-state index < -0.39 is 12.6 Å². The molecule has 0 saturated heterocycles. The zero-order valence-corrected chi connectivity index (χ0v) is 10.4. The van der Waals surface area contributed by atoms with Gasteiger partial charge < -0.3 is 15.2 Å². The first kappa shape index (κ1) is 14.9. The Kier molecular flexibility index (Phi) is 5.10. The van der Waals surface area contributed by atoms with Crippen molar-refractivity contribution < 1.29 is 23.0 Å². The van der Waals surface area contributed by atoms with Crippen LogP contribution in [0.1, 0.15) is 12.0 Å². The Balaban J connectivity index is 2.59. The average Bonchev–Trinajstić information content (AvgIpc) is 2.27. The number of hydrogen-bond acceptors (Lipinski definition) is 3. The molecule has 2 N–H and O–H groups in total. The fourth-order valence-electron chi connectivity index (χ4n) is 1.37. The van der Waals surface area contributed by atoms with Crippen LogP contribution in [0, 0.1) is 0 Å². The number of phenolic OH excluding ortho intramolecular Hbond substituents is 1. The van der Waals surface area contributed by atoms with Gasteiger partial charge in [-0.3, -0.25) is 0 Å². The lowest BCUT2D eigenvalue weighted by atomic mass is 10.2. The van der Waals surface area contributed by atoms with E-state index in [2.05, 4.69) is 5.32 Å². The van der Waals surface area contributed by atoms with Gasteiger partial charge in [0.1, 0.15) is 0 Å². The van der Waals surface area contributed by atoms with E-state index >= 15 is 0 Å². The van der Waals surface area contributed by atoms with Crippen LogP contribution in [-0.4, -0.2) is 24.9 Å². The summed E-state index contributed by atoms with van der Waals surface area (Å²) in [4.78, 5) is 0. The Morgan fingerprint density at radius 2 is 2.06 bits per heavy atom. The lowest BCUT2D eigenvalue weighted by Crippen LogP contribution is -2.21. The van der Waals surface area contributed by atoms with E-state index in [9.17, 15) is 18.3 Å². The first-order chi connectivity index (χ1) is 8.33. The number of ether oxygens (including phenoxy) is 1. The van der Waals surface area contributed by atoms with Gasteiger partial charge in [-0.25, -0.2) is 0 Å². The minimum atomic E-state index is -4.19. The molecule has 3 nitrogen and oxygen atoms in total. The molecule has 0 amide bonds. The van der Waals surface area contributed by atoms with Gasteiger partial charge in [0.25, 0.3) is 0 Å². The third kappa shape index (κ3) is 4.62. The number of halogens is 4. The predicted molar refractivity (Wildman–Crippen MR) is 62.0 cm³/mol. The number of rotatable bonds is 5. The van der Waals surface area contributed by atoms with E-state index in [0.29, 0.717) is 10.6 Å². The van der Waals surface area contributed by atoms with E-state index in [1.165, 1.54) is 19.2 Å². The zero-order valence-electron chi connectivity index (χ0n) is 9.64. The van der Waals surface area contributed by atoms with Gasteiger partial charge in [-0.05, 0) is 6.07 Å². The van der Waals surface area contributed by atoms with Crippen molar-refractivity contribution in [2.24, 2.45) is 0 Å². The van der Waals surface area contributed by atoms with E-state index in [4.69, 9.17) is 16.3 Å². The van der Waals surface area contributed by atoms with Crippen LogP contribution in [0.25, 0.3) is 0 Å². The molecule has 0 unspecified atom stereocenters. The Hall–Kier alpha value is -1.14. The minimum Gasteiger partial charge on any atom is -0.504 e. The molecule has 1 aromatic carbocycles. The van der Waals surface area contributed by atoms with Crippen LogP contribution < -0.4 is 10.1 Å². The Bertz CT molecular complexity index is 410. The molecule has 0 bridgehead atoms. The summed E-state index contributed by atoms with van der Waals surface area (Å²) in [6.45, 7) is -0.142. The molecule has 0 fully saturated rings. The lowest BCUT2D eigenvalue weighted by Gasteiger charge is -2.11. The van der Waals surface area contributed by atoms with Gasteiger partial charge in [-0.2, -0.15) is 13.2 Å². The summed E-state index contributed by atoms with van der Waals surface area (Å²) in [5.74, 6) is 0.0662. The van der Waals surface area contributed by atoms with Gasteiger partial charge in [-0.15, -0.1) is 0 Å². The molecule has 0 aliphatic carbocycles. The van der Waals surface area contributed by atoms with Gasteiger partial charge in [0.2, 0.25) is 0 Å². The van der Waals surface area contributed by atoms with E-state index in [1.54, 1.807) is 0 Å². The molecule has 18 heavy (non-hydrogen) atoms. The molecule has 0 aliphatic rings. The summed E-state index contributed by atoms with van der Waals surface area (Å²) in [5, 5.41) is 12.7. The van der Waals surface area contributed by atoms with Gasteiger partial charge in [-0.1, -0.05) is 11.6 Å².